The van der Waals surface area contributed by atoms with Crippen LogP contribution in [0.4, 0.5) is 28.3 Å². The Morgan fingerprint density at radius 3 is 2.42 bits per heavy atom. The largest absolute Gasteiger partial charge is 0.338 e. The molecule has 3 aromatic rings. The average Bonchev–Trinajstić information content (AvgIpc) is 2.83. The summed E-state index contributed by atoms with van der Waals surface area (Å²) < 4.78 is 54.3. The zero-order chi connectivity index (χ0) is 26.1. The summed E-state index contributed by atoms with van der Waals surface area (Å²) in [5.74, 6) is -3.89. The lowest BCUT2D eigenvalue weighted by atomic mass is 10.1. The number of nitrogens with two attached hydrogens (primary N) is 1. The van der Waals surface area contributed by atoms with E-state index in [9.17, 15) is 27.2 Å². The van der Waals surface area contributed by atoms with Crippen molar-refractivity contribution in [3.8, 4) is 11.1 Å². The summed E-state index contributed by atoms with van der Waals surface area (Å²) in [6.45, 7) is 1.63. The molecular formula is C24H26F4N6O2. The van der Waals surface area contributed by atoms with Crippen LogP contribution in [0.1, 0.15) is 24.0 Å². The standard InChI is InChI=1S/C24H26F4N6O2/c25-18-9-14(4-5-16(18)12-30-7-2-6-29)17-13-32-23(33-22(17)35)34-24(36)31-8-1-3-15-10-20(27)21(28)11-19(15)26/h4-5,9-11,13,30H,1-3,6-8,12,29H2,(H3,31,32,33,34,35,36). The Bertz CT molecular complexity index is 1270. The first-order valence-electron chi connectivity index (χ1n) is 11.3. The summed E-state index contributed by atoms with van der Waals surface area (Å²) in [6, 6.07) is 4.98. The van der Waals surface area contributed by atoms with Gasteiger partial charge in [0.25, 0.3) is 5.56 Å². The number of H-pyrrole nitrogens is 1. The fourth-order valence-corrected chi connectivity index (χ4v) is 3.36. The number of hydrogen-bond donors (Lipinski definition) is 5. The van der Waals surface area contributed by atoms with Crippen LogP contribution < -0.4 is 27.2 Å². The smallest absolute Gasteiger partial charge is 0.321 e. The zero-order valence-electron chi connectivity index (χ0n) is 19.3. The highest BCUT2D eigenvalue weighted by atomic mass is 19.2. The molecule has 0 aliphatic carbocycles. The molecule has 0 bridgehead atoms. The molecule has 36 heavy (non-hydrogen) atoms. The van der Waals surface area contributed by atoms with Gasteiger partial charge in [-0.15, -0.1) is 0 Å². The second-order valence-corrected chi connectivity index (χ2v) is 7.94. The minimum absolute atomic E-state index is 0.00924. The second kappa shape index (κ2) is 12.8. The lowest BCUT2D eigenvalue weighted by Crippen LogP contribution is -2.31. The van der Waals surface area contributed by atoms with Crippen molar-refractivity contribution in [1.82, 2.24) is 20.6 Å². The molecular weight excluding hydrogens is 480 g/mol. The highest BCUT2D eigenvalue weighted by Crippen LogP contribution is 2.19. The Morgan fingerprint density at radius 2 is 1.69 bits per heavy atom. The molecule has 12 heteroatoms. The van der Waals surface area contributed by atoms with Gasteiger partial charge in [-0.1, -0.05) is 12.1 Å². The van der Waals surface area contributed by atoms with Crippen molar-refractivity contribution in [2.24, 2.45) is 5.73 Å². The van der Waals surface area contributed by atoms with E-state index >= 15 is 0 Å². The molecule has 0 spiro atoms. The number of urea groups is 1. The first-order valence-corrected chi connectivity index (χ1v) is 11.3. The van der Waals surface area contributed by atoms with Gasteiger partial charge >= 0.3 is 6.03 Å². The molecule has 0 aliphatic heterocycles. The lowest BCUT2D eigenvalue weighted by molar-refractivity contribution is 0.252. The first kappa shape index (κ1) is 26.8. The molecule has 3 rings (SSSR count). The number of aromatic nitrogens is 2. The van der Waals surface area contributed by atoms with Crippen molar-refractivity contribution in [3.05, 3.63) is 81.3 Å². The molecule has 0 saturated heterocycles. The Kier molecular flexibility index (Phi) is 9.53. The quantitative estimate of drug-likeness (QED) is 0.155. The maximum absolute atomic E-state index is 14.4. The summed E-state index contributed by atoms with van der Waals surface area (Å²) in [5.41, 5.74) is 5.73. The Morgan fingerprint density at radius 1 is 0.944 bits per heavy atom. The number of rotatable bonds is 11. The number of nitrogens with zero attached hydrogens (tertiary/aromatic N) is 1. The topological polar surface area (TPSA) is 125 Å². The van der Waals surface area contributed by atoms with E-state index in [1.165, 1.54) is 12.3 Å². The normalized spacial score (nSPS) is 10.9. The molecule has 0 fully saturated rings. The Balaban J connectivity index is 1.52. The predicted octanol–water partition coefficient (Wildman–Crippen LogP) is 3.19. The fraction of sp³-hybridized carbons (Fsp3) is 0.292. The Labute approximate surface area is 204 Å². The summed E-state index contributed by atoms with van der Waals surface area (Å²) >= 11 is 0. The van der Waals surface area contributed by atoms with Crippen LogP contribution in [0, 0.1) is 23.3 Å². The van der Waals surface area contributed by atoms with E-state index in [2.05, 4.69) is 25.9 Å². The molecule has 0 radical (unpaired) electrons. The number of halogens is 4. The van der Waals surface area contributed by atoms with Crippen LogP contribution in [-0.2, 0) is 13.0 Å². The van der Waals surface area contributed by atoms with Crippen molar-refractivity contribution in [2.45, 2.75) is 25.8 Å². The highest BCUT2D eigenvalue weighted by molar-refractivity contribution is 5.87. The molecule has 1 heterocycles. The number of anilines is 1. The van der Waals surface area contributed by atoms with Crippen molar-refractivity contribution in [2.75, 3.05) is 25.0 Å². The third kappa shape index (κ3) is 7.36. The number of nitrogens with one attached hydrogen (secondary N) is 4. The van der Waals surface area contributed by atoms with Gasteiger partial charge in [-0.05, 0) is 55.6 Å². The summed E-state index contributed by atoms with van der Waals surface area (Å²) in [7, 11) is 0. The highest BCUT2D eigenvalue weighted by Gasteiger charge is 2.12. The number of carbonyl (C=O) groups is 1. The van der Waals surface area contributed by atoms with E-state index in [0.717, 1.165) is 12.5 Å². The van der Waals surface area contributed by atoms with Crippen molar-refractivity contribution in [3.63, 3.8) is 0 Å². The molecule has 2 amide bonds. The predicted molar refractivity (Wildman–Crippen MR) is 127 cm³/mol. The number of hydrogen-bond acceptors (Lipinski definition) is 5. The van der Waals surface area contributed by atoms with Crippen LogP contribution in [0.5, 0.6) is 0 Å². The van der Waals surface area contributed by atoms with Gasteiger partial charge in [-0.2, -0.15) is 0 Å². The van der Waals surface area contributed by atoms with Crippen molar-refractivity contribution >= 4 is 12.0 Å². The van der Waals surface area contributed by atoms with Gasteiger partial charge in [0.05, 0.1) is 5.56 Å². The maximum atomic E-state index is 14.4. The zero-order valence-corrected chi connectivity index (χ0v) is 19.3. The molecule has 8 nitrogen and oxygen atoms in total. The van der Waals surface area contributed by atoms with Crippen LogP contribution >= 0.6 is 0 Å². The Hall–Kier alpha value is -3.77. The molecule has 0 saturated carbocycles. The van der Waals surface area contributed by atoms with Crippen LogP contribution in [0.25, 0.3) is 11.1 Å². The molecule has 6 N–H and O–H groups in total. The molecule has 0 atom stereocenters. The van der Waals surface area contributed by atoms with Gasteiger partial charge in [0.1, 0.15) is 11.6 Å². The van der Waals surface area contributed by atoms with Gasteiger partial charge in [0.2, 0.25) is 5.95 Å². The average molecular weight is 507 g/mol. The summed E-state index contributed by atoms with van der Waals surface area (Å²) in [4.78, 5) is 30.9. The van der Waals surface area contributed by atoms with E-state index in [1.807, 2.05) is 0 Å². The van der Waals surface area contributed by atoms with E-state index < -0.39 is 34.9 Å². The fourth-order valence-electron chi connectivity index (χ4n) is 3.36. The van der Waals surface area contributed by atoms with Gasteiger partial charge in [0.15, 0.2) is 11.6 Å². The van der Waals surface area contributed by atoms with E-state index in [1.54, 1.807) is 12.1 Å². The van der Waals surface area contributed by atoms with E-state index in [-0.39, 0.29) is 36.5 Å². The number of aromatic amines is 1. The molecule has 1 aromatic heterocycles. The molecule has 192 valence electrons. The first-order chi connectivity index (χ1) is 17.3. The van der Waals surface area contributed by atoms with Gasteiger partial charge < -0.3 is 16.4 Å². The molecule has 2 aromatic carbocycles. The monoisotopic (exact) mass is 506 g/mol. The molecule has 0 aliphatic rings. The van der Waals surface area contributed by atoms with Crippen LogP contribution in [-0.4, -0.2) is 35.6 Å². The van der Waals surface area contributed by atoms with Gasteiger partial charge in [-0.25, -0.2) is 27.3 Å². The number of carbonyl (C=O) groups excluding carboxylic acids is 1. The van der Waals surface area contributed by atoms with Crippen LogP contribution in [0.15, 0.2) is 41.3 Å². The third-order valence-electron chi connectivity index (χ3n) is 5.27. The number of aryl methyl sites for hydroxylation is 1. The van der Waals surface area contributed by atoms with Crippen LogP contribution in [0.3, 0.4) is 0 Å². The maximum Gasteiger partial charge on any atom is 0.321 e. The van der Waals surface area contributed by atoms with E-state index in [0.29, 0.717) is 36.8 Å². The summed E-state index contributed by atoms with van der Waals surface area (Å²) in [5, 5.41) is 7.92. The SMILES string of the molecule is NCCCNCc1ccc(-c2cnc(NC(=O)NCCCc3cc(F)c(F)cc3F)[nH]c2=O)cc1F. The summed E-state index contributed by atoms with van der Waals surface area (Å²) in [6.07, 6.45) is 2.32. The minimum Gasteiger partial charge on any atom is -0.338 e. The van der Waals surface area contributed by atoms with Gasteiger partial charge in [-0.3, -0.25) is 15.1 Å². The number of amides is 2. The lowest BCUT2D eigenvalue weighted by Gasteiger charge is -2.09. The van der Waals surface area contributed by atoms with Crippen molar-refractivity contribution in [1.29, 1.82) is 0 Å². The minimum atomic E-state index is -1.27. The van der Waals surface area contributed by atoms with Gasteiger partial charge in [0, 0.05) is 30.9 Å². The van der Waals surface area contributed by atoms with E-state index in [4.69, 9.17) is 5.73 Å². The second-order valence-electron chi connectivity index (χ2n) is 7.94. The number of benzene rings is 2. The van der Waals surface area contributed by atoms with Crippen molar-refractivity contribution < 1.29 is 22.4 Å². The molecule has 0 unspecified atom stereocenters. The third-order valence-corrected chi connectivity index (χ3v) is 5.27. The van der Waals surface area contributed by atoms with Crippen LogP contribution in [0.2, 0.25) is 0 Å².